The Labute approximate surface area is 125 Å². The SMILES string of the molecule is CCOC(=O)C1CNCCN1C(=O)c1ccc(CC)cc1. The molecule has 21 heavy (non-hydrogen) atoms. The largest absolute Gasteiger partial charge is 0.464 e. The molecule has 0 spiro atoms. The summed E-state index contributed by atoms with van der Waals surface area (Å²) in [6.07, 6.45) is 0.938. The molecule has 1 fully saturated rings. The first-order chi connectivity index (χ1) is 10.2. The van der Waals surface area contributed by atoms with Crippen molar-refractivity contribution in [3.8, 4) is 0 Å². The number of benzene rings is 1. The average Bonchev–Trinajstić information content (AvgIpc) is 2.54. The van der Waals surface area contributed by atoms with Crippen LogP contribution in [-0.4, -0.2) is 49.1 Å². The van der Waals surface area contributed by atoms with Crippen LogP contribution in [0.1, 0.15) is 29.8 Å². The van der Waals surface area contributed by atoms with Gasteiger partial charge in [0.05, 0.1) is 6.61 Å². The van der Waals surface area contributed by atoms with Crippen LogP contribution in [0.5, 0.6) is 0 Å². The van der Waals surface area contributed by atoms with Crippen LogP contribution in [0.4, 0.5) is 0 Å². The number of hydrogen-bond donors (Lipinski definition) is 1. The molecular formula is C16H22N2O3. The smallest absolute Gasteiger partial charge is 0.330 e. The molecule has 5 nitrogen and oxygen atoms in total. The highest BCUT2D eigenvalue weighted by Crippen LogP contribution is 2.13. The molecule has 2 rings (SSSR count). The van der Waals surface area contributed by atoms with Crippen molar-refractivity contribution in [1.82, 2.24) is 10.2 Å². The van der Waals surface area contributed by atoms with Crippen molar-refractivity contribution in [3.63, 3.8) is 0 Å². The fourth-order valence-electron chi connectivity index (χ4n) is 2.45. The summed E-state index contributed by atoms with van der Waals surface area (Å²) in [6, 6.07) is 7.01. The zero-order chi connectivity index (χ0) is 15.2. The average molecular weight is 290 g/mol. The van der Waals surface area contributed by atoms with Gasteiger partial charge in [-0.1, -0.05) is 19.1 Å². The van der Waals surface area contributed by atoms with Crippen LogP contribution in [0.3, 0.4) is 0 Å². The van der Waals surface area contributed by atoms with Gasteiger partial charge in [-0.2, -0.15) is 0 Å². The van der Waals surface area contributed by atoms with E-state index in [1.165, 1.54) is 5.56 Å². The van der Waals surface area contributed by atoms with Crippen LogP contribution in [-0.2, 0) is 16.0 Å². The number of hydrogen-bond acceptors (Lipinski definition) is 4. The minimum absolute atomic E-state index is 0.114. The molecule has 1 amide bonds. The third-order valence-electron chi connectivity index (χ3n) is 3.67. The van der Waals surface area contributed by atoms with Crippen molar-refractivity contribution in [2.45, 2.75) is 26.3 Å². The fraction of sp³-hybridized carbons (Fsp3) is 0.500. The molecule has 1 aromatic carbocycles. The van der Waals surface area contributed by atoms with Gasteiger partial charge in [0.25, 0.3) is 5.91 Å². The van der Waals surface area contributed by atoms with E-state index in [4.69, 9.17) is 4.74 Å². The summed E-state index contributed by atoms with van der Waals surface area (Å²) in [5.41, 5.74) is 1.80. The Morgan fingerprint density at radius 2 is 2.00 bits per heavy atom. The Bertz CT molecular complexity index is 499. The number of ether oxygens (including phenoxy) is 1. The molecule has 1 heterocycles. The molecule has 0 bridgehead atoms. The maximum atomic E-state index is 12.6. The lowest BCUT2D eigenvalue weighted by atomic mass is 10.1. The fourth-order valence-corrected chi connectivity index (χ4v) is 2.45. The van der Waals surface area contributed by atoms with Gasteiger partial charge < -0.3 is 15.0 Å². The van der Waals surface area contributed by atoms with Crippen LogP contribution in [0.25, 0.3) is 0 Å². The quantitative estimate of drug-likeness (QED) is 0.847. The number of nitrogens with one attached hydrogen (secondary N) is 1. The summed E-state index contributed by atoms with van der Waals surface area (Å²) in [6.45, 7) is 5.81. The van der Waals surface area contributed by atoms with Gasteiger partial charge in [0.1, 0.15) is 6.04 Å². The second-order valence-electron chi connectivity index (χ2n) is 5.02. The molecule has 1 aromatic rings. The van der Waals surface area contributed by atoms with Crippen LogP contribution in [0.2, 0.25) is 0 Å². The molecule has 114 valence electrons. The lowest BCUT2D eigenvalue weighted by molar-refractivity contribution is -0.149. The van der Waals surface area contributed by atoms with Crippen molar-refractivity contribution in [2.75, 3.05) is 26.2 Å². The van der Waals surface area contributed by atoms with E-state index in [0.717, 1.165) is 6.42 Å². The van der Waals surface area contributed by atoms with Crippen molar-refractivity contribution in [1.29, 1.82) is 0 Å². The van der Waals surface area contributed by atoms with Crippen molar-refractivity contribution in [3.05, 3.63) is 35.4 Å². The predicted octanol–water partition coefficient (Wildman–Crippen LogP) is 1.23. The Morgan fingerprint density at radius 3 is 2.62 bits per heavy atom. The molecule has 0 aromatic heterocycles. The second kappa shape index (κ2) is 7.22. The highest BCUT2D eigenvalue weighted by atomic mass is 16.5. The van der Waals surface area contributed by atoms with E-state index in [1.54, 1.807) is 11.8 Å². The van der Waals surface area contributed by atoms with Crippen molar-refractivity contribution in [2.24, 2.45) is 0 Å². The molecule has 5 heteroatoms. The summed E-state index contributed by atoms with van der Waals surface area (Å²) in [4.78, 5) is 26.2. The zero-order valence-corrected chi connectivity index (χ0v) is 12.6. The molecule has 1 aliphatic rings. The van der Waals surface area contributed by atoms with Crippen LogP contribution in [0, 0.1) is 0 Å². The van der Waals surface area contributed by atoms with E-state index in [0.29, 0.717) is 31.8 Å². The lowest BCUT2D eigenvalue weighted by Gasteiger charge is -2.34. The molecule has 1 atom stereocenters. The minimum atomic E-state index is -0.544. The van der Waals surface area contributed by atoms with E-state index in [2.05, 4.69) is 12.2 Å². The van der Waals surface area contributed by atoms with Gasteiger partial charge in [-0.15, -0.1) is 0 Å². The number of carbonyl (C=O) groups excluding carboxylic acids is 2. The van der Waals surface area contributed by atoms with Gasteiger partial charge in [-0.25, -0.2) is 4.79 Å². The first-order valence-corrected chi connectivity index (χ1v) is 7.44. The Kier molecular flexibility index (Phi) is 5.33. The van der Waals surface area contributed by atoms with Gasteiger partial charge >= 0.3 is 5.97 Å². The number of nitrogens with zero attached hydrogens (tertiary/aromatic N) is 1. The highest BCUT2D eigenvalue weighted by Gasteiger charge is 2.33. The van der Waals surface area contributed by atoms with Crippen molar-refractivity contribution >= 4 is 11.9 Å². The molecule has 1 saturated heterocycles. The summed E-state index contributed by atoms with van der Waals surface area (Å²) >= 11 is 0. The van der Waals surface area contributed by atoms with Crippen LogP contribution in [0.15, 0.2) is 24.3 Å². The Balaban J connectivity index is 2.15. The van der Waals surface area contributed by atoms with Gasteiger partial charge in [-0.05, 0) is 31.0 Å². The second-order valence-corrected chi connectivity index (χ2v) is 5.02. The maximum Gasteiger partial charge on any atom is 0.330 e. The standard InChI is InChI=1S/C16H22N2O3/c1-3-12-5-7-13(8-6-12)15(19)18-10-9-17-11-14(18)16(20)21-4-2/h5-8,14,17H,3-4,9-11H2,1-2H3. The normalized spacial score (nSPS) is 18.4. The van der Waals surface area contributed by atoms with Crippen LogP contribution >= 0.6 is 0 Å². The van der Waals surface area contributed by atoms with Gasteiger partial charge in [-0.3, -0.25) is 4.79 Å². The minimum Gasteiger partial charge on any atom is -0.464 e. The van der Waals surface area contributed by atoms with Gasteiger partial charge in [0, 0.05) is 25.2 Å². The Hall–Kier alpha value is -1.88. The van der Waals surface area contributed by atoms with E-state index >= 15 is 0 Å². The van der Waals surface area contributed by atoms with E-state index in [9.17, 15) is 9.59 Å². The predicted molar refractivity (Wildman–Crippen MR) is 80.1 cm³/mol. The number of piperazine rings is 1. The molecule has 0 aliphatic carbocycles. The number of carbonyl (C=O) groups is 2. The Morgan fingerprint density at radius 1 is 1.29 bits per heavy atom. The van der Waals surface area contributed by atoms with Crippen molar-refractivity contribution < 1.29 is 14.3 Å². The third kappa shape index (κ3) is 3.61. The number of aryl methyl sites for hydroxylation is 1. The number of esters is 1. The first-order valence-electron chi connectivity index (χ1n) is 7.44. The summed E-state index contributed by atoms with van der Waals surface area (Å²) in [7, 11) is 0. The lowest BCUT2D eigenvalue weighted by Crippen LogP contribution is -2.57. The van der Waals surface area contributed by atoms with Gasteiger partial charge in [0.15, 0.2) is 0 Å². The molecule has 1 aliphatic heterocycles. The highest BCUT2D eigenvalue weighted by molar-refractivity contribution is 5.97. The number of rotatable bonds is 4. The van der Waals surface area contributed by atoms with E-state index in [-0.39, 0.29) is 11.9 Å². The first kappa shape index (κ1) is 15.5. The van der Waals surface area contributed by atoms with E-state index in [1.807, 2.05) is 24.3 Å². The zero-order valence-electron chi connectivity index (χ0n) is 12.6. The maximum absolute atomic E-state index is 12.6. The molecular weight excluding hydrogens is 268 g/mol. The molecule has 1 N–H and O–H groups in total. The monoisotopic (exact) mass is 290 g/mol. The topological polar surface area (TPSA) is 58.6 Å². The third-order valence-corrected chi connectivity index (χ3v) is 3.67. The van der Waals surface area contributed by atoms with E-state index < -0.39 is 6.04 Å². The van der Waals surface area contributed by atoms with Crippen LogP contribution < -0.4 is 5.32 Å². The summed E-state index contributed by atoms with van der Waals surface area (Å²) in [5, 5.41) is 3.13. The molecule has 1 unspecified atom stereocenters. The summed E-state index contributed by atoms with van der Waals surface area (Å²) in [5.74, 6) is -0.458. The van der Waals surface area contributed by atoms with Gasteiger partial charge in [0.2, 0.25) is 0 Å². The summed E-state index contributed by atoms with van der Waals surface area (Å²) < 4.78 is 5.06. The molecule has 0 radical (unpaired) electrons. The molecule has 0 saturated carbocycles. The number of amides is 1.